The van der Waals surface area contributed by atoms with Crippen LogP contribution in [0.2, 0.25) is 0 Å². The highest BCUT2D eigenvalue weighted by molar-refractivity contribution is 6.04. The van der Waals surface area contributed by atoms with Gasteiger partial charge in [-0.25, -0.2) is 4.98 Å². The normalized spacial score (nSPS) is 18.0. The predicted octanol–water partition coefficient (Wildman–Crippen LogP) is 4.98. The second kappa shape index (κ2) is 9.40. The second-order valence-electron chi connectivity index (χ2n) is 7.06. The van der Waals surface area contributed by atoms with Gasteiger partial charge in [0.15, 0.2) is 0 Å². The van der Waals surface area contributed by atoms with Gasteiger partial charge in [0.1, 0.15) is 17.8 Å². The number of amides is 1. The molecule has 0 saturated heterocycles. The molecule has 5 nitrogen and oxygen atoms in total. The summed E-state index contributed by atoms with van der Waals surface area (Å²) >= 11 is 0. The van der Waals surface area contributed by atoms with Gasteiger partial charge in [0.25, 0.3) is 5.91 Å². The van der Waals surface area contributed by atoms with E-state index in [4.69, 9.17) is 0 Å². The maximum atomic E-state index is 12.8. The Balaban J connectivity index is 1.83. The molecule has 32 heavy (non-hydrogen) atoms. The number of anilines is 2. The molecule has 1 aromatic heterocycles. The molecule has 1 unspecified atom stereocenters. The fourth-order valence-corrected chi connectivity index (χ4v) is 3.11. The van der Waals surface area contributed by atoms with Crippen molar-refractivity contribution in [2.75, 3.05) is 17.7 Å². The number of halogens is 3. The van der Waals surface area contributed by atoms with Crippen molar-refractivity contribution in [3.63, 3.8) is 0 Å². The highest BCUT2D eigenvalue weighted by Gasteiger charge is 2.36. The van der Waals surface area contributed by atoms with Crippen molar-refractivity contribution in [3.8, 4) is 29.0 Å². The minimum Gasteiger partial charge on any atom is -0.372 e. The van der Waals surface area contributed by atoms with Crippen molar-refractivity contribution in [2.24, 2.45) is 5.92 Å². The minimum absolute atomic E-state index is 0.0948. The maximum Gasteiger partial charge on any atom is 0.405 e. The fraction of sp³-hybridized carbons (Fsp3) is 0.208. The average molecular weight is 436 g/mol. The molecule has 162 valence electrons. The van der Waals surface area contributed by atoms with Crippen LogP contribution in [0.3, 0.4) is 0 Å². The van der Waals surface area contributed by atoms with Crippen LogP contribution >= 0.6 is 0 Å². The van der Waals surface area contributed by atoms with Crippen LogP contribution < -0.4 is 10.6 Å². The number of nitrogens with zero attached hydrogens (tertiary/aromatic N) is 2. The Labute approximate surface area is 183 Å². The van der Waals surface area contributed by atoms with Crippen LogP contribution in [0.15, 0.2) is 54.3 Å². The van der Waals surface area contributed by atoms with E-state index in [0.29, 0.717) is 22.6 Å². The first-order valence-corrected chi connectivity index (χ1v) is 9.65. The number of aryl methyl sites for hydroxylation is 1. The lowest BCUT2D eigenvalue weighted by atomic mass is 9.99. The van der Waals surface area contributed by atoms with Gasteiger partial charge in [0.2, 0.25) is 0 Å². The molecular weight excluding hydrogens is 417 g/mol. The van der Waals surface area contributed by atoms with E-state index in [1.807, 2.05) is 13.0 Å². The summed E-state index contributed by atoms with van der Waals surface area (Å²) in [6, 6.07) is 9.11. The number of nitriles is 1. The number of pyridine rings is 1. The van der Waals surface area contributed by atoms with Crippen LogP contribution in [-0.2, 0) is 4.79 Å². The SMILES string of the molecule is CNc1ncc(-c2cc(NC(=O)/C3=C/C=C\C(C(F)(F)F)C#CC3)ccc2C)cc1C#N. The Hall–Kier alpha value is -4.04. The maximum absolute atomic E-state index is 12.8. The molecule has 0 saturated carbocycles. The van der Waals surface area contributed by atoms with Gasteiger partial charge in [-0.1, -0.05) is 36.1 Å². The van der Waals surface area contributed by atoms with Crippen LogP contribution in [-0.4, -0.2) is 24.1 Å². The van der Waals surface area contributed by atoms with E-state index in [1.165, 1.54) is 12.2 Å². The lowest BCUT2D eigenvalue weighted by Gasteiger charge is -2.13. The molecular formula is C24H19F3N4O. The molecule has 8 heteroatoms. The Morgan fingerprint density at radius 3 is 2.78 bits per heavy atom. The van der Waals surface area contributed by atoms with E-state index < -0.39 is 18.0 Å². The summed E-state index contributed by atoms with van der Waals surface area (Å²) in [6.07, 6.45) is 0.577. The minimum atomic E-state index is -4.44. The molecule has 1 aliphatic carbocycles. The van der Waals surface area contributed by atoms with Crippen LogP contribution in [0.25, 0.3) is 11.1 Å². The highest BCUT2D eigenvalue weighted by atomic mass is 19.4. The Morgan fingerprint density at radius 1 is 1.31 bits per heavy atom. The van der Waals surface area contributed by atoms with Gasteiger partial charge >= 0.3 is 6.18 Å². The number of nitrogens with one attached hydrogen (secondary N) is 2. The third-order valence-corrected chi connectivity index (χ3v) is 4.83. The first kappa shape index (κ1) is 22.6. The first-order valence-electron chi connectivity index (χ1n) is 9.65. The summed E-state index contributed by atoms with van der Waals surface area (Å²) in [4.78, 5) is 16.9. The Bertz CT molecular complexity index is 1210. The lowest BCUT2D eigenvalue weighted by Crippen LogP contribution is -2.20. The molecule has 1 aromatic carbocycles. The largest absolute Gasteiger partial charge is 0.405 e. The molecule has 0 spiro atoms. The summed E-state index contributed by atoms with van der Waals surface area (Å²) in [7, 11) is 1.68. The summed E-state index contributed by atoms with van der Waals surface area (Å²) < 4.78 is 38.5. The number of rotatable bonds is 4. The van der Waals surface area contributed by atoms with Crippen LogP contribution in [0.1, 0.15) is 17.5 Å². The molecule has 3 rings (SSSR count). The summed E-state index contributed by atoms with van der Waals surface area (Å²) in [5.74, 6) is 2.76. The molecule has 0 bridgehead atoms. The van der Waals surface area contributed by atoms with Gasteiger partial charge in [-0.3, -0.25) is 4.79 Å². The monoisotopic (exact) mass is 436 g/mol. The molecule has 1 heterocycles. The second-order valence-corrected chi connectivity index (χ2v) is 7.06. The van der Waals surface area contributed by atoms with E-state index in [-0.39, 0.29) is 12.0 Å². The number of alkyl halides is 3. The molecule has 2 N–H and O–H groups in total. The number of aromatic nitrogens is 1. The molecule has 1 amide bonds. The quantitative estimate of drug-likeness (QED) is 0.663. The number of allylic oxidation sites excluding steroid dienone is 3. The molecule has 1 aliphatic rings. The smallest absolute Gasteiger partial charge is 0.372 e. The van der Waals surface area contributed by atoms with Gasteiger partial charge in [-0.2, -0.15) is 18.4 Å². The number of carbonyl (C=O) groups excluding carboxylic acids is 1. The number of hydrogen-bond acceptors (Lipinski definition) is 4. The van der Waals surface area contributed by atoms with Crippen LogP contribution in [0.5, 0.6) is 0 Å². The lowest BCUT2D eigenvalue weighted by molar-refractivity contribution is -0.146. The van der Waals surface area contributed by atoms with Crippen molar-refractivity contribution >= 4 is 17.4 Å². The van der Waals surface area contributed by atoms with Gasteiger partial charge in [-0.15, -0.1) is 0 Å². The zero-order valence-electron chi connectivity index (χ0n) is 17.3. The number of hydrogen-bond donors (Lipinski definition) is 2. The van der Waals surface area contributed by atoms with Crippen molar-refractivity contribution in [1.82, 2.24) is 4.98 Å². The fourth-order valence-electron chi connectivity index (χ4n) is 3.11. The van der Waals surface area contributed by atoms with Gasteiger partial charge in [-0.05, 0) is 36.2 Å². The third kappa shape index (κ3) is 5.16. The topological polar surface area (TPSA) is 77.8 Å². The summed E-state index contributed by atoms with van der Waals surface area (Å²) in [6.45, 7) is 1.90. The Morgan fingerprint density at radius 2 is 2.09 bits per heavy atom. The number of carbonyl (C=O) groups is 1. The van der Waals surface area contributed by atoms with Crippen molar-refractivity contribution < 1.29 is 18.0 Å². The molecule has 2 aromatic rings. The first-order chi connectivity index (χ1) is 15.2. The van der Waals surface area contributed by atoms with E-state index in [2.05, 4.69) is 33.5 Å². The summed E-state index contributed by atoms with van der Waals surface area (Å²) in [5, 5.41) is 15.0. The van der Waals surface area contributed by atoms with E-state index in [1.54, 1.807) is 31.4 Å². The molecule has 0 radical (unpaired) electrons. The van der Waals surface area contributed by atoms with Crippen LogP contribution in [0, 0.1) is 36.0 Å². The van der Waals surface area contributed by atoms with Crippen molar-refractivity contribution in [3.05, 3.63) is 65.4 Å². The zero-order chi connectivity index (χ0) is 23.3. The Kier molecular flexibility index (Phi) is 6.65. The standard InChI is InChI=1S/C24H19F3N4O/c1-15-9-10-20(12-21(15)18-11-17(13-28)22(29-2)30-14-18)31-23(32)16-5-3-7-19(8-4-6-16)24(25,26)27/h3,5,7,9-12,14,19H,6H2,1-2H3,(H,29,30)(H,31,32)/b7-3-,16-5+. The van der Waals surface area contributed by atoms with Gasteiger partial charge in [0, 0.05) is 36.5 Å². The molecule has 1 atom stereocenters. The van der Waals surface area contributed by atoms with Crippen molar-refractivity contribution in [1.29, 1.82) is 5.26 Å². The van der Waals surface area contributed by atoms with E-state index >= 15 is 0 Å². The molecule has 0 aliphatic heterocycles. The predicted molar refractivity (Wildman–Crippen MR) is 116 cm³/mol. The highest BCUT2D eigenvalue weighted by Crippen LogP contribution is 2.29. The van der Waals surface area contributed by atoms with E-state index in [0.717, 1.165) is 17.2 Å². The van der Waals surface area contributed by atoms with E-state index in [9.17, 15) is 23.2 Å². The van der Waals surface area contributed by atoms with Gasteiger partial charge < -0.3 is 10.6 Å². The number of benzene rings is 1. The summed E-state index contributed by atoms with van der Waals surface area (Å²) in [5.41, 5.74) is 3.56. The van der Waals surface area contributed by atoms with Crippen molar-refractivity contribution in [2.45, 2.75) is 19.5 Å². The van der Waals surface area contributed by atoms with Crippen LogP contribution in [0.4, 0.5) is 24.7 Å². The third-order valence-electron chi connectivity index (χ3n) is 4.83. The average Bonchev–Trinajstić information content (AvgIpc) is 2.73. The zero-order valence-corrected chi connectivity index (χ0v) is 17.3. The van der Waals surface area contributed by atoms with Gasteiger partial charge in [0.05, 0.1) is 5.56 Å². The molecule has 0 fully saturated rings.